The monoisotopic (exact) mass is 293 g/mol. The molecule has 0 heterocycles. The Balaban J connectivity index is 2.59. The summed E-state index contributed by atoms with van der Waals surface area (Å²) in [4.78, 5) is 0. The van der Waals surface area contributed by atoms with Crippen LogP contribution in [0.25, 0.3) is 0 Å². The average Bonchev–Trinajstić information content (AvgIpc) is 2.96. The third-order valence-electron chi connectivity index (χ3n) is 3.09. The fraction of sp³-hybridized carbons (Fsp3) is 0.455. The van der Waals surface area contributed by atoms with Crippen LogP contribution in [0.5, 0.6) is 0 Å². The van der Waals surface area contributed by atoms with Crippen LogP contribution >= 0.6 is 15.9 Å². The molecule has 2 rings (SSSR count). The molecule has 1 nitrogen and oxygen atoms in total. The highest BCUT2D eigenvalue weighted by atomic mass is 79.9. The summed E-state index contributed by atoms with van der Waals surface area (Å²) in [6.07, 6.45) is -2.85. The Morgan fingerprint density at radius 2 is 1.94 bits per heavy atom. The summed E-state index contributed by atoms with van der Waals surface area (Å²) in [5, 5.41) is 0. The summed E-state index contributed by atoms with van der Waals surface area (Å²) in [6.45, 7) is 0.263. The van der Waals surface area contributed by atoms with E-state index >= 15 is 0 Å². The molecule has 0 radical (unpaired) electrons. The molecule has 88 valence electrons. The van der Waals surface area contributed by atoms with Gasteiger partial charge in [0.05, 0.1) is 5.56 Å². The maximum Gasteiger partial charge on any atom is 0.416 e. The van der Waals surface area contributed by atoms with Gasteiger partial charge < -0.3 is 5.73 Å². The van der Waals surface area contributed by atoms with Gasteiger partial charge in [0.1, 0.15) is 0 Å². The molecule has 0 spiro atoms. The minimum absolute atomic E-state index is 0.263. The molecule has 1 aliphatic rings. The molecular weight excluding hydrogens is 283 g/mol. The van der Waals surface area contributed by atoms with Crippen LogP contribution in [0.4, 0.5) is 13.2 Å². The molecule has 0 aliphatic heterocycles. The predicted octanol–water partition coefficient (Wildman–Crippen LogP) is 3.46. The van der Waals surface area contributed by atoms with Crippen molar-refractivity contribution in [1.29, 1.82) is 0 Å². The number of hydrogen-bond donors (Lipinski definition) is 1. The van der Waals surface area contributed by atoms with Gasteiger partial charge in [-0.25, -0.2) is 0 Å². The maximum atomic E-state index is 12.9. The summed E-state index contributed by atoms with van der Waals surface area (Å²) in [7, 11) is 0. The highest BCUT2D eigenvalue weighted by Crippen LogP contribution is 2.53. The number of hydrogen-bond acceptors (Lipinski definition) is 1. The smallest absolute Gasteiger partial charge is 0.330 e. The van der Waals surface area contributed by atoms with Gasteiger partial charge in [0, 0.05) is 16.4 Å². The molecule has 1 saturated carbocycles. The second-order valence-electron chi connectivity index (χ2n) is 4.14. The number of alkyl halides is 3. The Hall–Kier alpha value is -0.550. The molecule has 0 bridgehead atoms. The molecule has 16 heavy (non-hydrogen) atoms. The van der Waals surface area contributed by atoms with E-state index < -0.39 is 17.2 Å². The van der Waals surface area contributed by atoms with Crippen molar-refractivity contribution in [3.8, 4) is 0 Å². The highest BCUT2D eigenvalue weighted by Gasteiger charge is 2.49. The highest BCUT2D eigenvalue weighted by molar-refractivity contribution is 9.10. The lowest BCUT2D eigenvalue weighted by Gasteiger charge is -2.21. The van der Waals surface area contributed by atoms with Crippen molar-refractivity contribution in [2.24, 2.45) is 5.73 Å². The van der Waals surface area contributed by atoms with E-state index in [0.717, 1.165) is 18.9 Å². The Morgan fingerprint density at radius 1 is 1.31 bits per heavy atom. The van der Waals surface area contributed by atoms with Gasteiger partial charge in [0.15, 0.2) is 0 Å². The summed E-state index contributed by atoms with van der Waals surface area (Å²) in [6, 6.07) is 4.17. The lowest BCUT2D eigenvalue weighted by atomic mass is 9.91. The maximum absolute atomic E-state index is 12.9. The molecule has 0 unspecified atom stereocenters. The summed E-state index contributed by atoms with van der Waals surface area (Å²) < 4.78 is 39.1. The fourth-order valence-corrected chi connectivity index (χ4v) is 2.79. The molecular formula is C11H11BrF3N. The minimum atomic E-state index is -4.32. The van der Waals surface area contributed by atoms with Crippen molar-refractivity contribution in [2.75, 3.05) is 6.54 Å². The van der Waals surface area contributed by atoms with E-state index in [2.05, 4.69) is 15.9 Å². The van der Waals surface area contributed by atoms with Gasteiger partial charge in [-0.2, -0.15) is 13.2 Å². The van der Waals surface area contributed by atoms with E-state index in [4.69, 9.17) is 5.73 Å². The van der Waals surface area contributed by atoms with Gasteiger partial charge in [-0.05, 0) is 30.5 Å². The van der Waals surface area contributed by atoms with Crippen LogP contribution in [0.1, 0.15) is 24.0 Å². The van der Waals surface area contributed by atoms with Gasteiger partial charge in [0.2, 0.25) is 0 Å². The first kappa shape index (κ1) is 11.9. The Labute approximate surface area is 100.0 Å². The van der Waals surface area contributed by atoms with Crippen LogP contribution in [0, 0.1) is 0 Å². The second kappa shape index (κ2) is 3.74. The van der Waals surface area contributed by atoms with Crippen LogP contribution < -0.4 is 5.73 Å². The van der Waals surface area contributed by atoms with E-state index in [-0.39, 0.29) is 6.54 Å². The minimum Gasteiger partial charge on any atom is -0.330 e. The molecule has 1 fully saturated rings. The van der Waals surface area contributed by atoms with Gasteiger partial charge in [0.25, 0.3) is 0 Å². The molecule has 0 aromatic heterocycles. The fourth-order valence-electron chi connectivity index (χ4n) is 2.01. The second-order valence-corrected chi connectivity index (χ2v) is 5.00. The molecule has 5 heteroatoms. The lowest BCUT2D eigenvalue weighted by Crippen LogP contribution is -2.24. The third kappa shape index (κ3) is 1.86. The number of benzene rings is 1. The van der Waals surface area contributed by atoms with Crippen molar-refractivity contribution in [1.82, 2.24) is 0 Å². The summed E-state index contributed by atoms with van der Waals surface area (Å²) in [5.74, 6) is 0. The van der Waals surface area contributed by atoms with Crippen LogP contribution in [0.15, 0.2) is 22.7 Å². The largest absolute Gasteiger partial charge is 0.416 e. The Kier molecular flexibility index (Phi) is 2.78. The molecule has 0 amide bonds. The molecule has 1 aromatic carbocycles. The van der Waals surface area contributed by atoms with E-state index in [1.54, 1.807) is 6.07 Å². The van der Waals surface area contributed by atoms with Crippen molar-refractivity contribution in [3.63, 3.8) is 0 Å². The first-order valence-corrected chi connectivity index (χ1v) is 5.76. The van der Waals surface area contributed by atoms with Crippen LogP contribution in [0.3, 0.4) is 0 Å². The predicted molar refractivity (Wildman–Crippen MR) is 59.1 cm³/mol. The van der Waals surface area contributed by atoms with E-state index in [9.17, 15) is 13.2 Å². The quantitative estimate of drug-likeness (QED) is 0.888. The van der Waals surface area contributed by atoms with E-state index in [0.29, 0.717) is 10.0 Å². The standard InChI is InChI=1S/C11H11BrF3N/c12-8-3-1-2-7(11(13,14)15)9(8)10(6-16)4-5-10/h1-3H,4-6,16H2. The Morgan fingerprint density at radius 3 is 2.38 bits per heavy atom. The zero-order chi connectivity index (χ0) is 12.0. The van der Waals surface area contributed by atoms with Crippen molar-refractivity contribution < 1.29 is 13.2 Å². The number of rotatable bonds is 2. The van der Waals surface area contributed by atoms with Crippen molar-refractivity contribution in [2.45, 2.75) is 24.4 Å². The number of halogens is 4. The molecule has 0 atom stereocenters. The van der Waals surface area contributed by atoms with Gasteiger partial charge in [-0.15, -0.1) is 0 Å². The molecule has 1 aromatic rings. The molecule has 1 aliphatic carbocycles. The first-order chi connectivity index (χ1) is 7.41. The summed E-state index contributed by atoms with van der Waals surface area (Å²) >= 11 is 3.20. The first-order valence-electron chi connectivity index (χ1n) is 4.97. The normalized spacial score (nSPS) is 18.6. The van der Waals surface area contributed by atoms with E-state index in [1.807, 2.05) is 0 Å². The number of nitrogens with two attached hydrogens (primary N) is 1. The van der Waals surface area contributed by atoms with Crippen LogP contribution in [-0.4, -0.2) is 6.54 Å². The van der Waals surface area contributed by atoms with Gasteiger partial charge in [-0.1, -0.05) is 22.0 Å². The van der Waals surface area contributed by atoms with Crippen LogP contribution in [0.2, 0.25) is 0 Å². The van der Waals surface area contributed by atoms with Crippen molar-refractivity contribution >= 4 is 15.9 Å². The summed E-state index contributed by atoms with van der Waals surface area (Å²) in [5.41, 5.74) is 4.89. The van der Waals surface area contributed by atoms with Crippen LogP contribution in [-0.2, 0) is 11.6 Å². The zero-order valence-electron chi connectivity index (χ0n) is 8.44. The third-order valence-corrected chi connectivity index (χ3v) is 3.75. The SMILES string of the molecule is NCC1(c2c(Br)cccc2C(F)(F)F)CC1. The van der Waals surface area contributed by atoms with Gasteiger partial charge in [-0.3, -0.25) is 0 Å². The molecule has 0 saturated heterocycles. The van der Waals surface area contributed by atoms with Gasteiger partial charge >= 0.3 is 6.18 Å². The van der Waals surface area contributed by atoms with Crippen molar-refractivity contribution in [3.05, 3.63) is 33.8 Å². The lowest BCUT2D eigenvalue weighted by molar-refractivity contribution is -0.138. The Bertz CT molecular complexity index is 410. The average molecular weight is 294 g/mol. The van der Waals surface area contributed by atoms with E-state index in [1.165, 1.54) is 6.07 Å². The topological polar surface area (TPSA) is 26.0 Å². The molecule has 2 N–H and O–H groups in total. The zero-order valence-corrected chi connectivity index (χ0v) is 10.0.